The van der Waals surface area contributed by atoms with Gasteiger partial charge in [-0.3, -0.25) is 4.79 Å². The standard InChI is InChI=1S/C23H42N2O3/c1-2-3-4-9-15-24-16-10-17-25-18-20-19(21-13-14-22(20)28-21)11-7-5-6-8-12-23(26)27/h7,11,19-22,24-25H,2-6,8-10,12-18H2,1H3,(H,26,27)/b11-7-/t19-,20+,21-,22+/m0/s1. The lowest BCUT2D eigenvalue weighted by Crippen LogP contribution is -2.35. The molecule has 162 valence electrons. The summed E-state index contributed by atoms with van der Waals surface area (Å²) >= 11 is 0. The average Bonchev–Trinajstić information content (AvgIpc) is 3.28. The Bertz CT molecular complexity index is 455. The maximum absolute atomic E-state index is 10.6. The summed E-state index contributed by atoms with van der Waals surface area (Å²) in [4.78, 5) is 10.6. The maximum atomic E-state index is 10.6. The number of carboxylic acids is 1. The Morgan fingerprint density at radius 1 is 1.00 bits per heavy atom. The Morgan fingerprint density at radius 2 is 1.79 bits per heavy atom. The number of hydrogen-bond acceptors (Lipinski definition) is 4. The summed E-state index contributed by atoms with van der Waals surface area (Å²) in [6.45, 7) is 6.63. The van der Waals surface area contributed by atoms with Gasteiger partial charge in [-0.15, -0.1) is 0 Å². The molecule has 2 aliphatic rings. The van der Waals surface area contributed by atoms with Gasteiger partial charge in [0.05, 0.1) is 12.2 Å². The molecule has 2 saturated heterocycles. The summed E-state index contributed by atoms with van der Waals surface area (Å²) < 4.78 is 6.17. The van der Waals surface area contributed by atoms with Crippen LogP contribution in [0.1, 0.15) is 77.6 Å². The lowest BCUT2D eigenvalue weighted by molar-refractivity contribution is -0.137. The zero-order valence-electron chi connectivity index (χ0n) is 17.8. The Balaban J connectivity index is 1.55. The third-order valence-corrected chi connectivity index (χ3v) is 6.15. The number of carboxylic acid groups (broad SMARTS) is 1. The van der Waals surface area contributed by atoms with Gasteiger partial charge in [0, 0.05) is 24.8 Å². The molecule has 0 aliphatic carbocycles. The van der Waals surface area contributed by atoms with Crippen molar-refractivity contribution >= 4 is 5.97 Å². The van der Waals surface area contributed by atoms with Crippen LogP contribution in [0, 0.1) is 11.8 Å². The van der Waals surface area contributed by atoms with Gasteiger partial charge in [0.1, 0.15) is 0 Å². The van der Waals surface area contributed by atoms with Gasteiger partial charge in [0.15, 0.2) is 0 Å². The summed E-state index contributed by atoms with van der Waals surface area (Å²) in [5, 5.41) is 15.9. The van der Waals surface area contributed by atoms with Gasteiger partial charge < -0.3 is 20.5 Å². The van der Waals surface area contributed by atoms with Crippen LogP contribution in [0.2, 0.25) is 0 Å². The number of hydrogen-bond donors (Lipinski definition) is 3. The third kappa shape index (κ3) is 8.62. The highest BCUT2D eigenvalue weighted by Crippen LogP contribution is 2.43. The number of ether oxygens (including phenoxy) is 1. The van der Waals surface area contributed by atoms with E-state index in [0.717, 1.165) is 45.4 Å². The Kier molecular flexibility index (Phi) is 11.8. The Labute approximate surface area is 171 Å². The van der Waals surface area contributed by atoms with Crippen LogP contribution >= 0.6 is 0 Å². The van der Waals surface area contributed by atoms with Crippen LogP contribution in [-0.4, -0.2) is 49.5 Å². The SMILES string of the molecule is CCCCCCNCCCNC[C@@H]1[C@H](/C=C\CCCCC(=O)O)[C@@H]2CC[C@H]1O2. The molecule has 2 fully saturated rings. The monoisotopic (exact) mass is 394 g/mol. The fourth-order valence-electron chi connectivity index (χ4n) is 4.55. The van der Waals surface area contributed by atoms with E-state index < -0.39 is 5.97 Å². The second-order valence-corrected chi connectivity index (χ2v) is 8.47. The van der Waals surface area contributed by atoms with Crippen LogP contribution in [0.5, 0.6) is 0 Å². The van der Waals surface area contributed by atoms with E-state index in [1.807, 2.05) is 0 Å². The number of allylic oxidation sites excluding steroid dienone is 1. The van der Waals surface area contributed by atoms with E-state index in [-0.39, 0.29) is 6.42 Å². The molecule has 0 aromatic carbocycles. The minimum Gasteiger partial charge on any atom is -0.481 e. The normalized spacial score (nSPS) is 26.5. The van der Waals surface area contributed by atoms with Crippen LogP contribution in [0.25, 0.3) is 0 Å². The largest absolute Gasteiger partial charge is 0.481 e. The highest BCUT2D eigenvalue weighted by Gasteiger charge is 2.47. The second kappa shape index (κ2) is 14.1. The van der Waals surface area contributed by atoms with Crippen molar-refractivity contribution < 1.29 is 14.6 Å². The first-order chi connectivity index (χ1) is 13.7. The highest BCUT2D eigenvalue weighted by atomic mass is 16.5. The molecule has 4 atom stereocenters. The number of nitrogens with one attached hydrogen (secondary N) is 2. The number of unbranched alkanes of at least 4 members (excludes halogenated alkanes) is 5. The molecule has 5 heteroatoms. The topological polar surface area (TPSA) is 70.6 Å². The summed E-state index contributed by atoms with van der Waals surface area (Å²) in [5.74, 6) is 0.432. The van der Waals surface area contributed by atoms with Crippen LogP contribution in [0.3, 0.4) is 0 Å². The van der Waals surface area contributed by atoms with E-state index in [0.29, 0.717) is 24.0 Å². The minimum absolute atomic E-state index is 0.283. The first-order valence-corrected chi connectivity index (χ1v) is 11.7. The summed E-state index contributed by atoms with van der Waals surface area (Å²) in [7, 11) is 0. The van der Waals surface area contributed by atoms with Crippen molar-refractivity contribution in [3.05, 3.63) is 12.2 Å². The van der Waals surface area contributed by atoms with Crippen molar-refractivity contribution in [2.24, 2.45) is 11.8 Å². The van der Waals surface area contributed by atoms with Crippen molar-refractivity contribution in [1.82, 2.24) is 10.6 Å². The molecular formula is C23H42N2O3. The lowest BCUT2D eigenvalue weighted by Gasteiger charge is -2.26. The van der Waals surface area contributed by atoms with E-state index in [1.54, 1.807) is 0 Å². The van der Waals surface area contributed by atoms with Crippen molar-refractivity contribution in [2.45, 2.75) is 89.8 Å². The van der Waals surface area contributed by atoms with E-state index in [4.69, 9.17) is 9.84 Å². The molecule has 0 radical (unpaired) electrons. The van der Waals surface area contributed by atoms with Gasteiger partial charge in [-0.05, 0) is 64.6 Å². The van der Waals surface area contributed by atoms with Gasteiger partial charge in [-0.2, -0.15) is 0 Å². The lowest BCUT2D eigenvalue weighted by atomic mass is 9.79. The van der Waals surface area contributed by atoms with Crippen molar-refractivity contribution in [2.75, 3.05) is 26.2 Å². The fourth-order valence-corrected chi connectivity index (χ4v) is 4.55. The van der Waals surface area contributed by atoms with Crippen molar-refractivity contribution in [3.8, 4) is 0 Å². The first-order valence-electron chi connectivity index (χ1n) is 11.7. The number of aliphatic carboxylic acids is 1. The number of fused-ring (bicyclic) bond motifs is 2. The fraction of sp³-hybridized carbons (Fsp3) is 0.870. The van der Waals surface area contributed by atoms with Crippen LogP contribution in [-0.2, 0) is 9.53 Å². The number of carbonyl (C=O) groups is 1. The van der Waals surface area contributed by atoms with Gasteiger partial charge in [0.25, 0.3) is 0 Å². The summed E-state index contributed by atoms with van der Waals surface area (Å²) in [6.07, 6.45) is 17.3. The molecule has 2 heterocycles. The number of rotatable bonds is 17. The first kappa shape index (κ1) is 23.4. The third-order valence-electron chi connectivity index (χ3n) is 6.15. The predicted molar refractivity (Wildman–Crippen MR) is 115 cm³/mol. The molecule has 0 amide bonds. The molecule has 0 aromatic rings. The van der Waals surface area contributed by atoms with Crippen LogP contribution in [0.15, 0.2) is 12.2 Å². The molecular weight excluding hydrogens is 352 g/mol. The van der Waals surface area contributed by atoms with E-state index in [9.17, 15) is 4.79 Å². The van der Waals surface area contributed by atoms with Gasteiger partial charge in [-0.1, -0.05) is 38.3 Å². The zero-order chi connectivity index (χ0) is 20.0. The van der Waals surface area contributed by atoms with Crippen LogP contribution < -0.4 is 10.6 Å². The van der Waals surface area contributed by atoms with Crippen LogP contribution in [0.4, 0.5) is 0 Å². The molecule has 0 spiro atoms. The maximum Gasteiger partial charge on any atom is 0.303 e. The minimum atomic E-state index is -0.691. The summed E-state index contributed by atoms with van der Waals surface area (Å²) in [5.41, 5.74) is 0. The van der Waals surface area contributed by atoms with Crippen molar-refractivity contribution in [1.29, 1.82) is 0 Å². The predicted octanol–water partition coefficient (Wildman–Crippen LogP) is 4.13. The quantitative estimate of drug-likeness (QED) is 0.256. The van der Waals surface area contributed by atoms with Gasteiger partial charge in [0.2, 0.25) is 0 Å². The highest BCUT2D eigenvalue weighted by molar-refractivity contribution is 5.66. The average molecular weight is 395 g/mol. The van der Waals surface area contributed by atoms with Gasteiger partial charge >= 0.3 is 5.97 Å². The van der Waals surface area contributed by atoms with E-state index >= 15 is 0 Å². The molecule has 2 aliphatic heterocycles. The Hall–Kier alpha value is -0.910. The molecule has 0 aromatic heterocycles. The van der Waals surface area contributed by atoms with E-state index in [2.05, 4.69) is 29.7 Å². The molecule has 2 rings (SSSR count). The second-order valence-electron chi connectivity index (χ2n) is 8.47. The van der Waals surface area contributed by atoms with Crippen molar-refractivity contribution in [3.63, 3.8) is 0 Å². The smallest absolute Gasteiger partial charge is 0.303 e. The van der Waals surface area contributed by atoms with E-state index in [1.165, 1.54) is 44.9 Å². The molecule has 2 bridgehead atoms. The Morgan fingerprint density at radius 3 is 2.61 bits per heavy atom. The molecule has 28 heavy (non-hydrogen) atoms. The molecule has 0 unspecified atom stereocenters. The van der Waals surface area contributed by atoms with Gasteiger partial charge in [-0.25, -0.2) is 0 Å². The molecule has 3 N–H and O–H groups in total. The zero-order valence-corrected chi connectivity index (χ0v) is 17.8. The molecule has 0 saturated carbocycles. The summed E-state index contributed by atoms with van der Waals surface area (Å²) in [6, 6.07) is 0. The molecule has 5 nitrogen and oxygen atoms in total.